The Morgan fingerprint density at radius 1 is 1.14 bits per heavy atom. The van der Waals surface area contributed by atoms with Crippen molar-refractivity contribution in [3.8, 4) is 5.75 Å². The van der Waals surface area contributed by atoms with Crippen LogP contribution in [0.5, 0.6) is 5.75 Å². The molecule has 2 aromatic rings. The summed E-state index contributed by atoms with van der Waals surface area (Å²) < 4.78 is 5.93. The summed E-state index contributed by atoms with van der Waals surface area (Å²) in [7, 11) is 3.82. The van der Waals surface area contributed by atoms with E-state index in [1.54, 1.807) is 6.07 Å². The lowest BCUT2D eigenvalue weighted by Gasteiger charge is -2.19. The Bertz CT molecular complexity index is 667. The molecule has 0 heterocycles. The Morgan fingerprint density at radius 2 is 1.86 bits per heavy atom. The second kappa shape index (κ2) is 7.26. The van der Waals surface area contributed by atoms with E-state index in [1.165, 1.54) is 6.08 Å². The topological polar surface area (TPSA) is 55.6 Å². The molecule has 0 saturated heterocycles. The number of nitro groups is 1. The van der Waals surface area contributed by atoms with Crippen molar-refractivity contribution in [2.75, 3.05) is 19.0 Å². The molecule has 0 saturated carbocycles. The molecular weight excluding hydrogens is 280 g/mol. The number of ether oxygens (including phenoxy) is 1. The predicted molar refractivity (Wildman–Crippen MR) is 87.6 cm³/mol. The molecular formula is C17H18N2O3. The highest BCUT2D eigenvalue weighted by atomic mass is 16.6. The van der Waals surface area contributed by atoms with Gasteiger partial charge in [-0.2, -0.15) is 0 Å². The van der Waals surface area contributed by atoms with E-state index in [-0.39, 0.29) is 0 Å². The van der Waals surface area contributed by atoms with Gasteiger partial charge >= 0.3 is 0 Å². The van der Waals surface area contributed by atoms with Gasteiger partial charge in [0.1, 0.15) is 6.61 Å². The third kappa shape index (κ3) is 4.09. The van der Waals surface area contributed by atoms with Gasteiger partial charge in [-0.1, -0.05) is 42.5 Å². The van der Waals surface area contributed by atoms with Crippen LogP contribution in [0.4, 0.5) is 5.69 Å². The predicted octanol–water partition coefficient (Wildman–Crippen LogP) is 3.58. The van der Waals surface area contributed by atoms with Gasteiger partial charge in [0.15, 0.2) is 5.75 Å². The highest BCUT2D eigenvalue weighted by Gasteiger charge is 2.11. The highest BCUT2D eigenvalue weighted by Crippen LogP contribution is 2.32. The maximum atomic E-state index is 10.5. The third-order valence-electron chi connectivity index (χ3n) is 3.11. The molecule has 0 aliphatic carbocycles. The number of hydrogen-bond donors (Lipinski definition) is 0. The van der Waals surface area contributed by atoms with Crippen LogP contribution in [-0.4, -0.2) is 19.0 Å². The van der Waals surface area contributed by atoms with E-state index in [2.05, 4.69) is 0 Å². The zero-order chi connectivity index (χ0) is 15.9. The van der Waals surface area contributed by atoms with Crippen LogP contribution in [-0.2, 0) is 6.61 Å². The van der Waals surface area contributed by atoms with Crippen LogP contribution in [0.15, 0.2) is 54.7 Å². The molecule has 0 unspecified atom stereocenters. The lowest BCUT2D eigenvalue weighted by Crippen LogP contribution is -2.11. The van der Waals surface area contributed by atoms with Gasteiger partial charge < -0.3 is 9.64 Å². The molecule has 0 radical (unpaired) electrons. The van der Waals surface area contributed by atoms with Crippen molar-refractivity contribution < 1.29 is 9.66 Å². The van der Waals surface area contributed by atoms with Gasteiger partial charge in [0.05, 0.1) is 10.6 Å². The normalized spacial score (nSPS) is 10.6. The van der Waals surface area contributed by atoms with Crippen molar-refractivity contribution in [1.29, 1.82) is 0 Å². The average molecular weight is 298 g/mol. The standard InChI is InChI=1S/C17H18N2O3/c1-18(2)16-10-6-9-15(11-12-19(20)21)17(16)22-13-14-7-4-3-5-8-14/h3-12H,13H2,1-2H3/b12-11+. The minimum atomic E-state index is -0.483. The number of benzene rings is 2. The van der Waals surface area contributed by atoms with E-state index in [0.717, 1.165) is 17.5 Å². The van der Waals surface area contributed by atoms with Crippen molar-refractivity contribution in [2.24, 2.45) is 0 Å². The Balaban J connectivity index is 2.31. The van der Waals surface area contributed by atoms with E-state index >= 15 is 0 Å². The number of hydrogen-bond acceptors (Lipinski definition) is 4. The lowest BCUT2D eigenvalue weighted by molar-refractivity contribution is -0.400. The molecule has 0 N–H and O–H groups in total. The summed E-state index contributed by atoms with van der Waals surface area (Å²) >= 11 is 0. The smallest absolute Gasteiger partial charge is 0.235 e. The highest BCUT2D eigenvalue weighted by molar-refractivity contribution is 5.69. The quantitative estimate of drug-likeness (QED) is 0.604. The van der Waals surface area contributed by atoms with Gasteiger partial charge in [-0.25, -0.2) is 0 Å². The third-order valence-corrected chi connectivity index (χ3v) is 3.11. The summed E-state index contributed by atoms with van der Waals surface area (Å²) in [5, 5.41) is 10.5. The van der Waals surface area contributed by atoms with E-state index in [0.29, 0.717) is 17.9 Å². The molecule has 2 rings (SSSR count). The van der Waals surface area contributed by atoms with Crippen LogP contribution in [0.3, 0.4) is 0 Å². The molecule has 0 atom stereocenters. The van der Waals surface area contributed by atoms with Crippen molar-refractivity contribution >= 4 is 11.8 Å². The number of para-hydroxylation sites is 1. The molecule has 0 aliphatic heterocycles. The Labute approximate surface area is 129 Å². The second-order valence-corrected chi connectivity index (χ2v) is 4.97. The molecule has 0 aromatic heterocycles. The van der Waals surface area contributed by atoms with Crippen molar-refractivity contribution in [1.82, 2.24) is 0 Å². The van der Waals surface area contributed by atoms with Crippen molar-refractivity contribution in [2.45, 2.75) is 6.61 Å². The van der Waals surface area contributed by atoms with Crippen molar-refractivity contribution in [3.63, 3.8) is 0 Å². The zero-order valence-electron chi connectivity index (χ0n) is 12.6. The van der Waals surface area contributed by atoms with E-state index in [1.807, 2.05) is 61.5 Å². The maximum absolute atomic E-state index is 10.5. The second-order valence-electron chi connectivity index (χ2n) is 4.97. The fourth-order valence-electron chi connectivity index (χ4n) is 2.05. The molecule has 0 amide bonds. The molecule has 114 valence electrons. The molecule has 0 spiro atoms. The van der Waals surface area contributed by atoms with E-state index < -0.39 is 4.92 Å². The summed E-state index contributed by atoms with van der Waals surface area (Å²) in [6.07, 6.45) is 2.37. The van der Waals surface area contributed by atoms with Crippen LogP contribution >= 0.6 is 0 Å². The zero-order valence-corrected chi connectivity index (χ0v) is 12.6. The summed E-state index contributed by atoms with van der Waals surface area (Å²) in [6, 6.07) is 15.4. The minimum Gasteiger partial charge on any atom is -0.486 e. The van der Waals surface area contributed by atoms with E-state index in [9.17, 15) is 10.1 Å². The first-order valence-corrected chi connectivity index (χ1v) is 6.86. The summed E-state index contributed by atoms with van der Waals surface area (Å²) in [5.41, 5.74) is 2.60. The monoisotopic (exact) mass is 298 g/mol. The van der Waals surface area contributed by atoms with Crippen LogP contribution in [0, 0.1) is 10.1 Å². The van der Waals surface area contributed by atoms with Gasteiger partial charge in [0.25, 0.3) is 0 Å². The van der Waals surface area contributed by atoms with Crippen LogP contribution in [0.25, 0.3) is 6.08 Å². The lowest BCUT2D eigenvalue weighted by atomic mass is 10.1. The number of nitrogens with zero attached hydrogens (tertiary/aromatic N) is 2. The van der Waals surface area contributed by atoms with E-state index in [4.69, 9.17) is 4.74 Å². The maximum Gasteiger partial charge on any atom is 0.235 e. The van der Waals surface area contributed by atoms with Gasteiger partial charge in [0.2, 0.25) is 6.20 Å². The summed E-state index contributed by atoms with van der Waals surface area (Å²) in [5.74, 6) is 0.634. The van der Waals surface area contributed by atoms with Gasteiger partial charge in [-0.3, -0.25) is 10.1 Å². The molecule has 0 aliphatic rings. The minimum absolute atomic E-state index is 0.408. The first-order valence-electron chi connectivity index (χ1n) is 6.86. The van der Waals surface area contributed by atoms with Crippen LogP contribution < -0.4 is 9.64 Å². The van der Waals surface area contributed by atoms with Gasteiger partial charge in [-0.05, 0) is 11.6 Å². The summed E-state index contributed by atoms with van der Waals surface area (Å²) in [4.78, 5) is 12.0. The number of rotatable bonds is 6. The van der Waals surface area contributed by atoms with Gasteiger partial charge in [0, 0.05) is 25.7 Å². The largest absolute Gasteiger partial charge is 0.486 e. The first kappa shape index (κ1) is 15.6. The first-order chi connectivity index (χ1) is 10.6. The van der Waals surface area contributed by atoms with Crippen LogP contribution in [0.1, 0.15) is 11.1 Å². The van der Waals surface area contributed by atoms with Gasteiger partial charge in [-0.15, -0.1) is 0 Å². The fourth-order valence-corrected chi connectivity index (χ4v) is 2.05. The summed E-state index contributed by atoms with van der Waals surface area (Å²) in [6.45, 7) is 0.408. The van der Waals surface area contributed by atoms with Crippen molar-refractivity contribution in [3.05, 3.63) is 76.0 Å². The van der Waals surface area contributed by atoms with Crippen LogP contribution in [0.2, 0.25) is 0 Å². The number of anilines is 1. The fraction of sp³-hybridized carbons (Fsp3) is 0.176. The Morgan fingerprint density at radius 3 is 2.50 bits per heavy atom. The molecule has 22 heavy (non-hydrogen) atoms. The average Bonchev–Trinajstić information content (AvgIpc) is 2.51. The molecule has 5 nitrogen and oxygen atoms in total. The molecule has 5 heteroatoms. The molecule has 0 bridgehead atoms. The SMILES string of the molecule is CN(C)c1cccc(/C=C/[N+](=O)[O-])c1OCc1ccccc1. The Kier molecular flexibility index (Phi) is 5.14. The Hall–Kier alpha value is -2.82. The molecule has 2 aromatic carbocycles. The molecule has 0 fully saturated rings.